The first-order valence-electron chi connectivity index (χ1n) is 5.05. The van der Waals surface area contributed by atoms with E-state index in [1.807, 2.05) is 23.1 Å². The highest BCUT2D eigenvalue weighted by molar-refractivity contribution is 9.10. The number of amides is 1. The first-order valence-corrected chi connectivity index (χ1v) is 5.85. The fourth-order valence-corrected chi connectivity index (χ4v) is 1.98. The number of halogens is 1. The Hall–Kier alpha value is -0.900. The molecule has 0 saturated heterocycles. The zero-order valence-electron chi connectivity index (χ0n) is 8.61. The van der Waals surface area contributed by atoms with Gasteiger partial charge in [0.05, 0.1) is 12.2 Å². The zero-order valence-corrected chi connectivity index (χ0v) is 10.2. The maximum Gasteiger partial charge on any atom is 0.220 e. The van der Waals surface area contributed by atoms with E-state index in [9.17, 15) is 4.79 Å². The fraction of sp³-hybridized carbons (Fsp3) is 0.455. The molecular weight excluding hydrogens is 256 g/mol. The maximum absolute atomic E-state index is 11.4. The van der Waals surface area contributed by atoms with Gasteiger partial charge in [-0.2, -0.15) is 0 Å². The highest BCUT2D eigenvalue weighted by atomic mass is 79.9. The standard InChI is InChI=1S/C11H13BrN2O/c1-8(15)14(10-5-6-10)7-9-3-2-4-11(12)13-9/h2-4,10H,5-7H2,1H3. The summed E-state index contributed by atoms with van der Waals surface area (Å²) in [4.78, 5) is 17.6. The number of hydrogen-bond donors (Lipinski definition) is 0. The summed E-state index contributed by atoms with van der Waals surface area (Å²) >= 11 is 3.33. The van der Waals surface area contributed by atoms with Gasteiger partial charge in [0.2, 0.25) is 5.91 Å². The van der Waals surface area contributed by atoms with Crippen molar-refractivity contribution in [2.45, 2.75) is 32.4 Å². The van der Waals surface area contributed by atoms with E-state index in [4.69, 9.17) is 0 Å². The fourth-order valence-electron chi connectivity index (χ4n) is 1.60. The third kappa shape index (κ3) is 2.78. The van der Waals surface area contributed by atoms with E-state index in [2.05, 4.69) is 20.9 Å². The number of rotatable bonds is 3. The van der Waals surface area contributed by atoms with Crippen molar-refractivity contribution in [3.05, 3.63) is 28.5 Å². The van der Waals surface area contributed by atoms with Crippen LogP contribution in [0.15, 0.2) is 22.8 Å². The molecule has 1 heterocycles. The third-order valence-corrected chi connectivity index (χ3v) is 2.94. The number of carbonyl (C=O) groups is 1. The quantitative estimate of drug-likeness (QED) is 0.789. The molecule has 4 heteroatoms. The molecule has 15 heavy (non-hydrogen) atoms. The molecule has 2 rings (SSSR count). The molecule has 0 spiro atoms. The van der Waals surface area contributed by atoms with Gasteiger partial charge in [0.15, 0.2) is 0 Å². The van der Waals surface area contributed by atoms with Crippen molar-refractivity contribution in [3.63, 3.8) is 0 Å². The molecule has 1 fully saturated rings. The molecule has 1 aromatic heterocycles. The van der Waals surface area contributed by atoms with Crippen LogP contribution in [0.5, 0.6) is 0 Å². The summed E-state index contributed by atoms with van der Waals surface area (Å²) in [6, 6.07) is 6.22. The summed E-state index contributed by atoms with van der Waals surface area (Å²) in [5.41, 5.74) is 0.937. The summed E-state index contributed by atoms with van der Waals surface area (Å²) in [5, 5.41) is 0. The van der Waals surface area contributed by atoms with Gasteiger partial charge in [-0.05, 0) is 40.9 Å². The summed E-state index contributed by atoms with van der Waals surface area (Å²) in [7, 11) is 0. The lowest BCUT2D eigenvalue weighted by molar-refractivity contribution is -0.130. The lowest BCUT2D eigenvalue weighted by Gasteiger charge is -2.19. The van der Waals surface area contributed by atoms with Crippen LogP contribution < -0.4 is 0 Å². The summed E-state index contributed by atoms with van der Waals surface area (Å²) < 4.78 is 0.819. The van der Waals surface area contributed by atoms with Gasteiger partial charge >= 0.3 is 0 Å². The first-order chi connectivity index (χ1) is 7.16. The minimum absolute atomic E-state index is 0.138. The first kappa shape index (κ1) is 10.6. The molecule has 0 aromatic carbocycles. The average molecular weight is 269 g/mol. The van der Waals surface area contributed by atoms with E-state index in [1.165, 1.54) is 0 Å². The topological polar surface area (TPSA) is 33.2 Å². The lowest BCUT2D eigenvalue weighted by atomic mass is 10.3. The molecule has 80 valence electrons. The molecule has 1 saturated carbocycles. The second-order valence-electron chi connectivity index (χ2n) is 3.83. The van der Waals surface area contributed by atoms with Crippen LogP contribution in [0.2, 0.25) is 0 Å². The van der Waals surface area contributed by atoms with Crippen LogP contribution in [0.1, 0.15) is 25.5 Å². The molecule has 0 aliphatic heterocycles. The van der Waals surface area contributed by atoms with Gasteiger partial charge in [-0.15, -0.1) is 0 Å². The van der Waals surface area contributed by atoms with Crippen molar-refractivity contribution >= 4 is 21.8 Å². The number of carbonyl (C=O) groups excluding carboxylic acids is 1. The largest absolute Gasteiger partial charge is 0.334 e. The second-order valence-corrected chi connectivity index (χ2v) is 4.64. The molecule has 0 unspecified atom stereocenters. The highest BCUT2D eigenvalue weighted by Gasteiger charge is 2.30. The van der Waals surface area contributed by atoms with E-state index >= 15 is 0 Å². The normalized spacial score (nSPS) is 15.1. The van der Waals surface area contributed by atoms with Crippen LogP contribution >= 0.6 is 15.9 Å². The van der Waals surface area contributed by atoms with Crippen molar-refractivity contribution < 1.29 is 4.79 Å². The summed E-state index contributed by atoms with van der Waals surface area (Å²) in [5.74, 6) is 0.138. The Morgan fingerprint density at radius 3 is 2.87 bits per heavy atom. The molecule has 3 nitrogen and oxygen atoms in total. The van der Waals surface area contributed by atoms with Crippen molar-refractivity contribution in [2.24, 2.45) is 0 Å². The van der Waals surface area contributed by atoms with E-state index in [1.54, 1.807) is 6.92 Å². The molecule has 1 aromatic rings. The minimum Gasteiger partial charge on any atom is -0.334 e. The molecule has 0 atom stereocenters. The monoisotopic (exact) mass is 268 g/mol. The zero-order chi connectivity index (χ0) is 10.8. The average Bonchev–Trinajstić information content (AvgIpc) is 2.97. The van der Waals surface area contributed by atoms with Crippen molar-refractivity contribution in [1.29, 1.82) is 0 Å². The number of pyridine rings is 1. The Balaban J connectivity index is 2.08. The van der Waals surface area contributed by atoms with E-state index in [0.29, 0.717) is 12.6 Å². The Labute approximate surface area is 97.6 Å². The predicted octanol–water partition coefficient (Wildman–Crippen LogP) is 2.36. The van der Waals surface area contributed by atoms with Gasteiger partial charge in [0.1, 0.15) is 4.60 Å². The number of hydrogen-bond acceptors (Lipinski definition) is 2. The Kier molecular flexibility index (Phi) is 3.05. The number of nitrogens with zero attached hydrogens (tertiary/aromatic N) is 2. The smallest absolute Gasteiger partial charge is 0.220 e. The predicted molar refractivity (Wildman–Crippen MR) is 61.2 cm³/mol. The van der Waals surface area contributed by atoms with Gasteiger partial charge in [-0.3, -0.25) is 4.79 Å². The van der Waals surface area contributed by atoms with Crippen LogP contribution in [0, 0.1) is 0 Å². The van der Waals surface area contributed by atoms with Crippen molar-refractivity contribution in [3.8, 4) is 0 Å². The van der Waals surface area contributed by atoms with Crippen LogP contribution in [-0.4, -0.2) is 21.8 Å². The minimum atomic E-state index is 0.138. The molecule has 1 amide bonds. The summed E-state index contributed by atoms with van der Waals surface area (Å²) in [6.45, 7) is 2.25. The van der Waals surface area contributed by atoms with Gasteiger partial charge < -0.3 is 4.90 Å². The van der Waals surface area contributed by atoms with E-state index in [0.717, 1.165) is 23.1 Å². The van der Waals surface area contributed by atoms with Crippen molar-refractivity contribution in [2.75, 3.05) is 0 Å². The van der Waals surface area contributed by atoms with Crippen molar-refractivity contribution in [1.82, 2.24) is 9.88 Å². The van der Waals surface area contributed by atoms with E-state index < -0.39 is 0 Å². The SMILES string of the molecule is CC(=O)N(Cc1cccc(Br)n1)C1CC1. The molecule has 0 radical (unpaired) electrons. The Morgan fingerprint density at radius 2 is 2.33 bits per heavy atom. The second kappa shape index (κ2) is 4.31. The van der Waals surface area contributed by atoms with Crippen LogP contribution in [0.3, 0.4) is 0 Å². The molecule has 1 aliphatic carbocycles. The van der Waals surface area contributed by atoms with Gasteiger partial charge in [0.25, 0.3) is 0 Å². The molecule has 1 aliphatic rings. The van der Waals surface area contributed by atoms with Crippen LogP contribution in [-0.2, 0) is 11.3 Å². The Bertz CT molecular complexity index is 377. The van der Waals surface area contributed by atoms with Crippen LogP contribution in [0.25, 0.3) is 0 Å². The summed E-state index contributed by atoms with van der Waals surface area (Å²) in [6.07, 6.45) is 2.27. The number of aromatic nitrogens is 1. The highest BCUT2D eigenvalue weighted by Crippen LogP contribution is 2.28. The lowest BCUT2D eigenvalue weighted by Crippen LogP contribution is -2.30. The maximum atomic E-state index is 11.4. The van der Waals surface area contributed by atoms with E-state index in [-0.39, 0.29) is 5.91 Å². The van der Waals surface area contributed by atoms with Gasteiger partial charge in [-0.25, -0.2) is 4.98 Å². The van der Waals surface area contributed by atoms with Crippen LogP contribution in [0.4, 0.5) is 0 Å². The molecule has 0 bridgehead atoms. The third-order valence-electron chi connectivity index (χ3n) is 2.50. The molecule has 0 N–H and O–H groups in total. The Morgan fingerprint density at radius 1 is 1.60 bits per heavy atom. The molecular formula is C11H13BrN2O. The van der Waals surface area contributed by atoms with Gasteiger partial charge in [0, 0.05) is 13.0 Å². The van der Waals surface area contributed by atoms with Gasteiger partial charge in [-0.1, -0.05) is 6.07 Å².